The standard InChI is InChI=1S/C19H25FN2O5/c20-13-3-1-12(2-4-13)18-8-14(22-27-18)7-16-5-6-17(25)19(26-16)10-21-9-15(24)11-23/h1-4,8,15-17,19,21,23-25H,5-7,9-11H2. The summed E-state index contributed by atoms with van der Waals surface area (Å²) in [5, 5.41) is 35.3. The lowest BCUT2D eigenvalue weighted by molar-refractivity contribution is -0.115. The molecular weight excluding hydrogens is 355 g/mol. The zero-order chi connectivity index (χ0) is 19.2. The molecule has 0 aliphatic carbocycles. The van der Waals surface area contributed by atoms with Gasteiger partial charge in [0.05, 0.1) is 36.7 Å². The highest BCUT2D eigenvalue weighted by atomic mass is 19.1. The number of rotatable bonds is 8. The van der Waals surface area contributed by atoms with E-state index < -0.39 is 18.3 Å². The number of aliphatic hydroxyl groups excluding tert-OH is 3. The number of hydrogen-bond donors (Lipinski definition) is 4. The van der Waals surface area contributed by atoms with E-state index in [1.807, 2.05) is 6.07 Å². The summed E-state index contributed by atoms with van der Waals surface area (Å²) in [5.74, 6) is 0.260. The smallest absolute Gasteiger partial charge is 0.167 e. The number of nitrogens with zero attached hydrogens (tertiary/aromatic N) is 1. The van der Waals surface area contributed by atoms with Crippen molar-refractivity contribution in [2.75, 3.05) is 19.7 Å². The van der Waals surface area contributed by atoms with Crippen molar-refractivity contribution < 1.29 is 29.0 Å². The van der Waals surface area contributed by atoms with E-state index in [4.69, 9.17) is 14.4 Å². The van der Waals surface area contributed by atoms with Gasteiger partial charge in [-0.2, -0.15) is 0 Å². The van der Waals surface area contributed by atoms with Crippen molar-refractivity contribution in [3.8, 4) is 11.3 Å². The van der Waals surface area contributed by atoms with Gasteiger partial charge < -0.3 is 29.9 Å². The SMILES string of the molecule is OCC(O)CNCC1OC(Cc2cc(-c3ccc(F)cc3)on2)CCC1O. The van der Waals surface area contributed by atoms with Crippen LogP contribution in [0.4, 0.5) is 4.39 Å². The molecule has 1 fully saturated rings. The number of aromatic nitrogens is 1. The molecule has 1 aromatic heterocycles. The van der Waals surface area contributed by atoms with Crippen molar-refractivity contribution in [3.05, 3.63) is 41.8 Å². The van der Waals surface area contributed by atoms with Crippen molar-refractivity contribution in [1.29, 1.82) is 0 Å². The largest absolute Gasteiger partial charge is 0.394 e. The van der Waals surface area contributed by atoms with Crippen LogP contribution in [0.3, 0.4) is 0 Å². The zero-order valence-electron chi connectivity index (χ0n) is 14.9. The van der Waals surface area contributed by atoms with Gasteiger partial charge in [-0.25, -0.2) is 4.39 Å². The van der Waals surface area contributed by atoms with Crippen molar-refractivity contribution in [3.63, 3.8) is 0 Å². The Balaban J connectivity index is 1.53. The Morgan fingerprint density at radius 1 is 1.26 bits per heavy atom. The van der Waals surface area contributed by atoms with Gasteiger partial charge >= 0.3 is 0 Å². The number of hydrogen-bond acceptors (Lipinski definition) is 7. The van der Waals surface area contributed by atoms with Crippen LogP contribution in [0.15, 0.2) is 34.9 Å². The first-order valence-electron chi connectivity index (χ1n) is 9.10. The first-order valence-corrected chi connectivity index (χ1v) is 9.10. The summed E-state index contributed by atoms with van der Waals surface area (Å²) in [6, 6.07) is 7.82. The lowest BCUT2D eigenvalue weighted by Gasteiger charge is -2.34. The van der Waals surface area contributed by atoms with Crippen LogP contribution in [0, 0.1) is 5.82 Å². The van der Waals surface area contributed by atoms with E-state index in [-0.39, 0.29) is 25.1 Å². The van der Waals surface area contributed by atoms with Gasteiger partial charge in [0.1, 0.15) is 5.82 Å². The number of aliphatic hydroxyl groups is 3. The first kappa shape index (κ1) is 19.9. The highest BCUT2D eigenvalue weighted by molar-refractivity contribution is 5.57. The molecule has 1 aromatic carbocycles. The molecule has 148 valence electrons. The third-order valence-electron chi connectivity index (χ3n) is 4.64. The van der Waals surface area contributed by atoms with Gasteiger partial charge in [0.25, 0.3) is 0 Å². The van der Waals surface area contributed by atoms with Gasteiger partial charge in [0.2, 0.25) is 0 Å². The monoisotopic (exact) mass is 380 g/mol. The number of ether oxygens (including phenoxy) is 1. The minimum Gasteiger partial charge on any atom is -0.394 e. The number of halogens is 1. The van der Waals surface area contributed by atoms with Gasteiger partial charge in [0, 0.05) is 31.1 Å². The summed E-state index contributed by atoms with van der Waals surface area (Å²) in [7, 11) is 0. The van der Waals surface area contributed by atoms with Gasteiger partial charge in [-0.1, -0.05) is 5.16 Å². The van der Waals surface area contributed by atoms with Gasteiger partial charge in [-0.15, -0.1) is 0 Å². The molecule has 1 saturated heterocycles. The van der Waals surface area contributed by atoms with E-state index in [1.165, 1.54) is 12.1 Å². The van der Waals surface area contributed by atoms with E-state index in [0.717, 1.165) is 11.3 Å². The highest BCUT2D eigenvalue weighted by Crippen LogP contribution is 2.25. The maximum atomic E-state index is 13.0. The molecule has 4 unspecified atom stereocenters. The van der Waals surface area contributed by atoms with Gasteiger partial charge in [-0.3, -0.25) is 0 Å². The Hall–Kier alpha value is -1.84. The molecule has 0 bridgehead atoms. The second-order valence-electron chi connectivity index (χ2n) is 6.83. The Bertz CT molecular complexity index is 708. The molecule has 27 heavy (non-hydrogen) atoms. The zero-order valence-corrected chi connectivity index (χ0v) is 14.9. The lowest BCUT2D eigenvalue weighted by atomic mass is 9.98. The van der Waals surface area contributed by atoms with E-state index in [2.05, 4.69) is 10.5 Å². The highest BCUT2D eigenvalue weighted by Gasteiger charge is 2.30. The summed E-state index contributed by atoms with van der Waals surface area (Å²) < 4.78 is 24.3. The maximum absolute atomic E-state index is 13.0. The first-order chi connectivity index (χ1) is 13.0. The fraction of sp³-hybridized carbons (Fsp3) is 0.526. The summed E-state index contributed by atoms with van der Waals surface area (Å²) in [6.45, 7) is 0.304. The second-order valence-corrected chi connectivity index (χ2v) is 6.83. The van der Waals surface area contributed by atoms with E-state index in [0.29, 0.717) is 31.6 Å². The predicted molar refractivity (Wildman–Crippen MR) is 95.5 cm³/mol. The number of benzene rings is 1. The van der Waals surface area contributed by atoms with Crippen LogP contribution in [0.5, 0.6) is 0 Å². The van der Waals surface area contributed by atoms with Crippen molar-refractivity contribution in [2.24, 2.45) is 0 Å². The third-order valence-corrected chi connectivity index (χ3v) is 4.64. The van der Waals surface area contributed by atoms with Crippen LogP contribution >= 0.6 is 0 Å². The van der Waals surface area contributed by atoms with Crippen molar-refractivity contribution in [2.45, 2.75) is 43.7 Å². The predicted octanol–water partition coefficient (Wildman–Crippen LogP) is 0.875. The van der Waals surface area contributed by atoms with Crippen LogP contribution < -0.4 is 5.32 Å². The fourth-order valence-corrected chi connectivity index (χ4v) is 3.13. The molecule has 0 radical (unpaired) electrons. The quantitative estimate of drug-likeness (QED) is 0.538. The Morgan fingerprint density at radius 3 is 2.78 bits per heavy atom. The second kappa shape index (κ2) is 9.38. The van der Waals surface area contributed by atoms with Gasteiger partial charge in [-0.05, 0) is 37.1 Å². The molecule has 2 aromatic rings. The minimum absolute atomic E-state index is 0.103. The van der Waals surface area contributed by atoms with Gasteiger partial charge in [0.15, 0.2) is 5.76 Å². The van der Waals surface area contributed by atoms with Crippen LogP contribution in [-0.2, 0) is 11.2 Å². The summed E-state index contributed by atoms with van der Waals surface area (Å²) in [5.41, 5.74) is 1.48. The molecule has 1 aliphatic rings. The van der Waals surface area contributed by atoms with E-state index in [9.17, 15) is 14.6 Å². The Labute approximate surface area is 156 Å². The molecule has 1 aliphatic heterocycles. The fourth-order valence-electron chi connectivity index (χ4n) is 3.13. The molecule has 0 saturated carbocycles. The van der Waals surface area contributed by atoms with Crippen molar-refractivity contribution >= 4 is 0 Å². The molecule has 4 N–H and O–H groups in total. The van der Waals surface area contributed by atoms with E-state index in [1.54, 1.807) is 12.1 Å². The van der Waals surface area contributed by atoms with Crippen LogP contribution in [0.1, 0.15) is 18.5 Å². The third kappa shape index (κ3) is 5.57. The minimum atomic E-state index is -0.832. The maximum Gasteiger partial charge on any atom is 0.167 e. The average molecular weight is 380 g/mol. The molecule has 0 spiro atoms. The molecule has 7 nitrogen and oxygen atoms in total. The number of nitrogens with one attached hydrogen (secondary N) is 1. The molecular formula is C19H25FN2O5. The van der Waals surface area contributed by atoms with Crippen LogP contribution in [0.2, 0.25) is 0 Å². The molecule has 3 rings (SSSR count). The lowest BCUT2D eigenvalue weighted by Crippen LogP contribution is -2.46. The molecule has 2 heterocycles. The molecule has 8 heteroatoms. The Kier molecular flexibility index (Phi) is 6.92. The Morgan fingerprint density at radius 2 is 2.04 bits per heavy atom. The summed E-state index contributed by atoms with van der Waals surface area (Å²) in [4.78, 5) is 0. The summed E-state index contributed by atoms with van der Waals surface area (Å²) in [6.07, 6.45) is -0.0358. The van der Waals surface area contributed by atoms with Crippen LogP contribution in [0.25, 0.3) is 11.3 Å². The van der Waals surface area contributed by atoms with E-state index >= 15 is 0 Å². The average Bonchev–Trinajstić information content (AvgIpc) is 3.13. The van der Waals surface area contributed by atoms with Crippen molar-refractivity contribution in [1.82, 2.24) is 10.5 Å². The molecule has 0 amide bonds. The summed E-state index contributed by atoms with van der Waals surface area (Å²) >= 11 is 0. The van der Waals surface area contributed by atoms with Crippen LogP contribution in [-0.4, -0.2) is 64.6 Å². The normalized spacial score (nSPS) is 24.1. The topological polar surface area (TPSA) is 108 Å². The molecule has 4 atom stereocenters.